The van der Waals surface area contributed by atoms with Crippen LogP contribution in [0.5, 0.6) is 0 Å². The highest BCUT2D eigenvalue weighted by atomic mass is 79.9. The molecule has 0 bridgehead atoms. The lowest BCUT2D eigenvalue weighted by molar-refractivity contribution is -0.761. The van der Waals surface area contributed by atoms with Crippen LogP contribution < -0.4 is 5.11 Å². The normalized spacial score (nSPS) is 21.5. The predicted octanol–water partition coefficient (Wildman–Crippen LogP) is -0.580. The number of carboxylic acid groups (broad SMARTS) is 1. The first-order chi connectivity index (χ1) is 10.3. The molecule has 1 fully saturated rings. The third-order valence-electron chi connectivity index (χ3n) is 3.46. The van der Waals surface area contributed by atoms with E-state index in [4.69, 9.17) is 0 Å². The molecule has 9 heteroatoms. The van der Waals surface area contributed by atoms with E-state index in [0.29, 0.717) is 5.69 Å². The molecule has 0 aliphatic carbocycles. The smallest absolute Gasteiger partial charge is 0.435 e. The van der Waals surface area contributed by atoms with Crippen LogP contribution in [-0.4, -0.2) is 51.3 Å². The molecular formula is C13H12BrN3O5. The number of carboxylic acids is 1. The Labute approximate surface area is 134 Å². The molecule has 2 rings (SSSR count). The number of rotatable bonds is 5. The third-order valence-corrected chi connectivity index (χ3v) is 3.93. The minimum Gasteiger partial charge on any atom is -0.544 e. The van der Waals surface area contributed by atoms with E-state index in [-0.39, 0.29) is 13.1 Å². The lowest BCUT2D eigenvalue weighted by Crippen LogP contribution is -2.58. The highest BCUT2D eigenvalue weighted by Crippen LogP contribution is 2.23. The summed E-state index contributed by atoms with van der Waals surface area (Å²) in [5, 5.41) is 10.8. The monoisotopic (exact) mass is 369 g/mol. The van der Waals surface area contributed by atoms with Gasteiger partial charge in [-0.1, -0.05) is 0 Å². The Kier molecular flexibility index (Phi) is 4.38. The third kappa shape index (κ3) is 2.64. The Hall–Kier alpha value is -2.13. The molecule has 1 aromatic rings. The number of imide groups is 2. The van der Waals surface area contributed by atoms with E-state index in [0.717, 1.165) is 9.37 Å². The van der Waals surface area contributed by atoms with Gasteiger partial charge >= 0.3 is 17.8 Å². The molecule has 116 valence electrons. The second-order valence-corrected chi connectivity index (χ2v) is 5.68. The lowest BCUT2D eigenvalue weighted by Gasteiger charge is -2.25. The van der Waals surface area contributed by atoms with Crippen LogP contribution in [-0.2, 0) is 20.9 Å². The summed E-state index contributed by atoms with van der Waals surface area (Å²) in [4.78, 5) is 52.1. The highest BCUT2D eigenvalue weighted by molar-refractivity contribution is 9.10. The first kappa shape index (κ1) is 16.2. The van der Waals surface area contributed by atoms with Crippen molar-refractivity contribution < 1.29 is 28.8 Å². The Balaban J connectivity index is 2.32. The van der Waals surface area contributed by atoms with Crippen LogP contribution in [0.2, 0.25) is 0 Å². The van der Waals surface area contributed by atoms with Gasteiger partial charge in [0.1, 0.15) is 6.54 Å². The molecule has 0 saturated carbocycles. The number of pyridine rings is 1. The Morgan fingerprint density at radius 3 is 2.55 bits per heavy atom. The zero-order chi connectivity index (χ0) is 16.5. The summed E-state index contributed by atoms with van der Waals surface area (Å²) in [5.41, 5.74) is 0.405. The molecule has 1 aliphatic heterocycles. The molecule has 0 N–H and O–H groups in total. The van der Waals surface area contributed by atoms with E-state index >= 15 is 0 Å². The molecule has 1 atom stereocenters. The molecule has 1 aliphatic rings. The van der Waals surface area contributed by atoms with E-state index in [1.807, 2.05) is 0 Å². The van der Waals surface area contributed by atoms with E-state index in [9.17, 15) is 24.3 Å². The fourth-order valence-corrected chi connectivity index (χ4v) is 2.49. The summed E-state index contributed by atoms with van der Waals surface area (Å²) >= 11 is 3.21. The summed E-state index contributed by atoms with van der Waals surface area (Å²) in [6.45, 7) is 0.281. The van der Waals surface area contributed by atoms with Crippen molar-refractivity contribution in [1.29, 1.82) is 0 Å². The van der Waals surface area contributed by atoms with Gasteiger partial charge in [0, 0.05) is 10.7 Å². The van der Waals surface area contributed by atoms with E-state index in [1.165, 1.54) is 13.1 Å². The molecule has 0 aromatic carbocycles. The maximum Gasteiger partial charge on any atom is 0.435 e. The molecule has 1 aromatic heterocycles. The van der Waals surface area contributed by atoms with Crippen LogP contribution in [0.25, 0.3) is 0 Å². The summed E-state index contributed by atoms with van der Waals surface area (Å²) in [7, 11) is 0. The molecule has 8 nitrogen and oxygen atoms in total. The van der Waals surface area contributed by atoms with Crippen LogP contribution in [0, 0.1) is 0 Å². The van der Waals surface area contributed by atoms with E-state index in [1.54, 1.807) is 12.1 Å². The number of urea groups is 1. The Morgan fingerprint density at radius 1 is 1.36 bits per heavy atom. The zero-order valence-electron chi connectivity index (χ0n) is 11.6. The lowest BCUT2D eigenvalue weighted by atomic mass is 10.3. The average Bonchev–Trinajstić information content (AvgIpc) is 2.64. The quantitative estimate of drug-likeness (QED) is 0.390. The first-order valence-electron chi connectivity index (χ1n) is 6.40. The topological polar surface area (TPSA) is 107 Å². The number of aliphatic carboxylic acids is 1. The van der Waals surface area contributed by atoms with Crippen LogP contribution in [0.4, 0.5) is 4.79 Å². The molecule has 0 radical (unpaired) electrons. The van der Waals surface area contributed by atoms with E-state index in [2.05, 4.69) is 20.9 Å². The number of likely N-dealkylation sites (N-methyl/N-ethyl adjacent to an activating group) is 1. The fourth-order valence-electron chi connectivity index (χ4n) is 2.26. The van der Waals surface area contributed by atoms with Gasteiger partial charge in [-0.2, -0.15) is 4.48 Å². The van der Waals surface area contributed by atoms with Crippen molar-refractivity contribution in [2.45, 2.75) is 13.5 Å². The van der Waals surface area contributed by atoms with Crippen molar-refractivity contribution in [2.24, 2.45) is 0 Å². The maximum absolute atomic E-state index is 12.4. The van der Waals surface area contributed by atoms with Gasteiger partial charge in [0.05, 0.1) is 24.8 Å². The van der Waals surface area contributed by atoms with Crippen LogP contribution in [0.15, 0.2) is 22.8 Å². The number of hydrogen-bond acceptors (Lipinski definition) is 6. The maximum atomic E-state index is 12.4. The van der Waals surface area contributed by atoms with Crippen molar-refractivity contribution in [3.63, 3.8) is 0 Å². The van der Waals surface area contributed by atoms with Crippen LogP contribution in [0.3, 0.4) is 0 Å². The van der Waals surface area contributed by atoms with Gasteiger partial charge < -0.3 is 9.90 Å². The molecule has 4 amide bonds. The SMILES string of the molecule is CC[N+]1(CC(=O)[O-])C(=O)C(=O)N(Cc2ccc(Br)cn2)C1=O. The van der Waals surface area contributed by atoms with Gasteiger partial charge in [-0.3, -0.25) is 9.78 Å². The van der Waals surface area contributed by atoms with Gasteiger partial charge in [-0.15, -0.1) is 0 Å². The largest absolute Gasteiger partial charge is 0.544 e. The summed E-state index contributed by atoms with van der Waals surface area (Å²) < 4.78 is -0.362. The standard InChI is InChI=1S/C13H12BrN3O5/c1-2-17(7-10(18)19)12(21)11(20)16(13(17)22)6-9-4-3-8(14)5-15-9/h3-5H,2,6-7H2,1H3. The number of aromatic nitrogens is 1. The highest BCUT2D eigenvalue weighted by Gasteiger charge is 2.60. The minimum atomic E-state index is -1.57. The number of amides is 4. The number of quaternary nitrogens is 1. The Morgan fingerprint density at radius 2 is 2.05 bits per heavy atom. The second-order valence-electron chi connectivity index (χ2n) is 4.76. The molecule has 1 unspecified atom stereocenters. The first-order valence-corrected chi connectivity index (χ1v) is 7.19. The van der Waals surface area contributed by atoms with Crippen LogP contribution in [0.1, 0.15) is 12.6 Å². The minimum absolute atomic E-state index is 0.137. The average molecular weight is 370 g/mol. The van der Waals surface area contributed by atoms with Crippen molar-refractivity contribution >= 4 is 39.7 Å². The number of hydrogen-bond donors (Lipinski definition) is 0. The molecular weight excluding hydrogens is 358 g/mol. The number of halogens is 1. The van der Waals surface area contributed by atoms with Crippen molar-refractivity contribution in [2.75, 3.05) is 13.1 Å². The predicted molar refractivity (Wildman–Crippen MR) is 73.6 cm³/mol. The zero-order valence-corrected chi connectivity index (χ0v) is 13.2. The molecule has 2 heterocycles. The molecule has 0 spiro atoms. The van der Waals surface area contributed by atoms with Gasteiger partial charge in [0.2, 0.25) is 0 Å². The van der Waals surface area contributed by atoms with Gasteiger partial charge in [0.15, 0.2) is 0 Å². The number of carbonyl (C=O) groups is 4. The summed E-state index contributed by atoms with van der Waals surface area (Å²) in [6.07, 6.45) is 1.49. The van der Waals surface area contributed by atoms with Crippen molar-refractivity contribution in [3.05, 3.63) is 28.5 Å². The Bertz CT molecular complexity index is 660. The van der Waals surface area contributed by atoms with Crippen molar-refractivity contribution in [1.82, 2.24) is 9.88 Å². The molecule has 22 heavy (non-hydrogen) atoms. The van der Waals surface area contributed by atoms with Gasteiger partial charge in [-0.25, -0.2) is 14.5 Å². The summed E-state index contributed by atoms with van der Waals surface area (Å²) in [5.74, 6) is -3.66. The number of nitrogens with zero attached hydrogens (tertiary/aromatic N) is 3. The van der Waals surface area contributed by atoms with Gasteiger partial charge in [0.25, 0.3) is 0 Å². The fraction of sp³-hybridized carbons (Fsp3) is 0.308. The summed E-state index contributed by atoms with van der Waals surface area (Å²) in [6, 6.07) is 2.40. The van der Waals surface area contributed by atoms with Crippen molar-refractivity contribution in [3.8, 4) is 0 Å². The second kappa shape index (κ2) is 5.93. The molecule has 1 saturated heterocycles. The number of carbonyl (C=O) groups excluding carboxylic acids is 4. The van der Waals surface area contributed by atoms with Crippen LogP contribution >= 0.6 is 15.9 Å². The van der Waals surface area contributed by atoms with E-state index < -0.39 is 34.8 Å². The van der Waals surface area contributed by atoms with Gasteiger partial charge in [-0.05, 0) is 35.0 Å².